The number of aryl methyl sites for hydroxylation is 2. The van der Waals surface area contributed by atoms with E-state index in [4.69, 9.17) is 4.74 Å². The van der Waals surface area contributed by atoms with E-state index < -0.39 is 5.92 Å². The Kier molecular flexibility index (Phi) is 6.63. The van der Waals surface area contributed by atoms with Gasteiger partial charge < -0.3 is 20.3 Å². The summed E-state index contributed by atoms with van der Waals surface area (Å²) in [6, 6.07) is 19.7. The van der Waals surface area contributed by atoms with E-state index in [9.17, 15) is 14.4 Å². The van der Waals surface area contributed by atoms with Crippen LogP contribution in [0, 0.1) is 19.8 Å². The van der Waals surface area contributed by atoms with Crippen molar-refractivity contribution in [3.8, 4) is 5.75 Å². The molecular formula is C27H27N3O4. The van der Waals surface area contributed by atoms with Crippen LogP contribution in [-0.2, 0) is 9.59 Å². The molecular weight excluding hydrogens is 430 g/mol. The fourth-order valence-corrected chi connectivity index (χ4v) is 4.02. The van der Waals surface area contributed by atoms with Gasteiger partial charge in [-0.05, 0) is 67.4 Å². The second kappa shape index (κ2) is 9.79. The molecule has 0 bridgehead atoms. The number of carbonyl (C=O) groups excluding carboxylic acids is 3. The van der Waals surface area contributed by atoms with Crippen molar-refractivity contribution in [2.75, 3.05) is 29.2 Å². The van der Waals surface area contributed by atoms with Crippen molar-refractivity contribution in [3.63, 3.8) is 0 Å². The van der Waals surface area contributed by atoms with Gasteiger partial charge in [0.05, 0.1) is 24.3 Å². The van der Waals surface area contributed by atoms with Crippen molar-refractivity contribution >= 4 is 34.8 Å². The number of nitrogens with one attached hydrogen (secondary N) is 2. The molecule has 34 heavy (non-hydrogen) atoms. The summed E-state index contributed by atoms with van der Waals surface area (Å²) >= 11 is 0. The van der Waals surface area contributed by atoms with Crippen molar-refractivity contribution in [1.82, 2.24) is 0 Å². The first-order valence-corrected chi connectivity index (χ1v) is 11.1. The van der Waals surface area contributed by atoms with E-state index in [1.165, 1.54) is 0 Å². The number of anilines is 3. The van der Waals surface area contributed by atoms with Gasteiger partial charge in [-0.2, -0.15) is 0 Å². The molecule has 3 aromatic rings. The third-order valence-electron chi connectivity index (χ3n) is 5.93. The largest absolute Gasteiger partial charge is 0.497 e. The summed E-state index contributed by atoms with van der Waals surface area (Å²) < 4.78 is 5.14. The number of hydrogen-bond acceptors (Lipinski definition) is 4. The Morgan fingerprint density at radius 1 is 0.971 bits per heavy atom. The van der Waals surface area contributed by atoms with E-state index in [0.717, 1.165) is 16.8 Å². The zero-order valence-electron chi connectivity index (χ0n) is 19.4. The second-order valence-electron chi connectivity index (χ2n) is 8.41. The molecule has 1 unspecified atom stereocenters. The molecule has 7 heteroatoms. The Balaban J connectivity index is 1.47. The first-order chi connectivity index (χ1) is 16.4. The first kappa shape index (κ1) is 23.0. The number of benzene rings is 3. The molecule has 2 N–H and O–H groups in total. The second-order valence-corrected chi connectivity index (χ2v) is 8.41. The molecule has 0 aromatic heterocycles. The summed E-state index contributed by atoms with van der Waals surface area (Å²) in [5.41, 5.74) is 4.22. The standard InChI is InChI=1S/C27H27N3O4/c1-17-8-9-18(2)24(14-17)30-16-19(15-25(30)31)26(32)29-23-7-5-4-6-22(23)27(33)28-20-10-12-21(34-3)13-11-20/h4-14,19H,15-16H2,1-3H3,(H,28,33)(H,29,32). The zero-order valence-corrected chi connectivity index (χ0v) is 19.4. The van der Waals surface area contributed by atoms with Crippen LogP contribution in [0.5, 0.6) is 5.75 Å². The van der Waals surface area contributed by atoms with Crippen LogP contribution in [0.15, 0.2) is 66.7 Å². The molecule has 3 aromatic carbocycles. The highest BCUT2D eigenvalue weighted by atomic mass is 16.5. The highest BCUT2D eigenvalue weighted by Crippen LogP contribution is 2.30. The van der Waals surface area contributed by atoms with Gasteiger partial charge in [-0.1, -0.05) is 24.3 Å². The van der Waals surface area contributed by atoms with Gasteiger partial charge in [0.15, 0.2) is 0 Å². The Morgan fingerprint density at radius 2 is 1.71 bits per heavy atom. The van der Waals surface area contributed by atoms with Crippen LogP contribution in [0.3, 0.4) is 0 Å². The number of methoxy groups -OCH3 is 1. The maximum Gasteiger partial charge on any atom is 0.257 e. The Labute approximate surface area is 198 Å². The minimum atomic E-state index is -0.509. The average Bonchev–Trinajstić information content (AvgIpc) is 3.23. The van der Waals surface area contributed by atoms with E-state index in [0.29, 0.717) is 29.2 Å². The molecule has 1 fully saturated rings. The molecule has 1 saturated heterocycles. The molecule has 0 radical (unpaired) electrons. The maximum atomic E-state index is 13.1. The van der Waals surface area contributed by atoms with Crippen molar-refractivity contribution in [3.05, 3.63) is 83.4 Å². The smallest absolute Gasteiger partial charge is 0.257 e. The molecule has 0 aliphatic carbocycles. The fraction of sp³-hybridized carbons (Fsp3) is 0.222. The molecule has 0 saturated carbocycles. The molecule has 1 aliphatic heterocycles. The molecule has 1 heterocycles. The Bertz CT molecular complexity index is 1240. The summed E-state index contributed by atoms with van der Waals surface area (Å²) in [7, 11) is 1.58. The van der Waals surface area contributed by atoms with Gasteiger partial charge in [-0.15, -0.1) is 0 Å². The van der Waals surface area contributed by atoms with Crippen LogP contribution in [0.25, 0.3) is 0 Å². The van der Waals surface area contributed by atoms with Gasteiger partial charge in [0.1, 0.15) is 5.75 Å². The van der Waals surface area contributed by atoms with Crippen LogP contribution in [0.4, 0.5) is 17.1 Å². The van der Waals surface area contributed by atoms with E-state index in [1.807, 2.05) is 32.0 Å². The van der Waals surface area contributed by atoms with Crippen LogP contribution in [0.1, 0.15) is 27.9 Å². The van der Waals surface area contributed by atoms with Gasteiger partial charge in [0, 0.05) is 24.3 Å². The molecule has 1 atom stereocenters. The fourth-order valence-electron chi connectivity index (χ4n) is 4.02. The molecule has 0 spiro atoms. The normalized spacial score (nSPS) is 15.2. The minimum Gasteiger partial charge on any atom is -0.497 e. The number of ether oxygens (including phenoxy) is 1. The quantitative estimate of drug-likeness (QED) is 0.568. The van der Waals surface area contributed by atoms with Gasteiger partial charge in [0.25, 0.3) is 5.91 Å². The molecule has 174 valence electrons. The van der Waals surface area contributed by atoms with Gasteiger partial charge in [0.2, 0.25) is 11.8 Å². The number of rotatable bonds is 6. The summed E-state index contributed by atoms with van der Waals surface area (Å²) in [5, 5.41) is 5.69. The molecule has 4 rings (SSSR count). The van der Waals surface area contributed by atoms with E-state index >= 15 is 0 Å². The summed E-state index contributed by atoms with van der Waals surface area (Å²) in [5.74, 6) is -0.539. The monoisotopic (exact) mass is 457 g/mol. The highest BCUT2D eigenvalue weighted by molar-refractivity contribution is 6.11. The molecule has 7 nitrogen and oxygen atoms in total. The van der Waals surface area contributed by atoms with Crippen LogP contribution in [0.2, 0.25) is 0 Å². The number of para-hydroxylation sites is 1. The number of carbonyl (C=O) groups is 3. The van der Waals surface area contributed by atoms with Crippen molar-refractivity contribution in [1.29, 1.82) is 0 Å². The first-order valence-electron chi connectivity index (χ1n) is 11.1. The van der Waals surface area contributed by atoms with Crippen molar-refractivity contribution in [2.24, 2.45) is 5.92 Å². The average molecular weight is 458 g/mol. The number of amides is 3. The van der Waals surface area contributed by atoms with Crippen molar-refractivity contribution in [2.45, 2.75) is 20.3 Å². The lowest BCUT2D eigenvalue weighted by molar-refractivity contribution is -0.122. The van der Waals surface area contributed by atoms with Crippen molar-refractivity contribution < 1.29 is 19.1 Å². The molecule has 3 amide bonds. The predicted octanol–water partition coefficient (Wildman–Crippen LogP) is 4.56. The summed E-state index contributed by atoms with van der Waals surface area (Å²) in [4.78, 5) is 40.3. The highest BCUT2D eigenvalue weighted by Gasteiger charge is 2.36. The van der Waals surface area contributed by atoms with Crippen LogP contribution >= 0.6 is 0 Å². The number of nitrogens with zero attached hydrogens (tertiary/aromatic N) is 1. The lowest BCUT2D eigenvalue weighted by Crippen LogP contribution is -2.29. The maximum absolute atomic E-state index is 13.1. The van der Waals surface area contributed by atoms with Gasteiger partial charge >= 0.3 is 0 Å². The van der Waals surface area contributed by atoms with Crippen LogP contribution < -0.4 is 20.3 Å². The SMILES string of the molecule is COc1ccc(NC(=O)c2ccccc2NC(=O)C2CC(=O)N(c3cc(C)ccc3C)C2)cc1. The van der Waals surface area contributed by atoms with Crippen LogP contribution in [-0.4, -0.2) is 31.4 Å². The number of hydrogen-bond donors (Lipinski definition) is 2. The van der Waals surface area contributed by atoms with E-state index in [1.54, 1.807) is 60.5 Å². The predicted molar refractivity (Wildman–Crippen MR) is 132 cm³/mol. The van der Waals surface area contributed by atoms with E-state index in [2.05, 4.69) is 10.6 Å². The lowest BCUT2D eigenvalue weighted by Gasteiger charge is -2.20. The Morgan fingerprint density at radius 3 is 2.44 bits per heavy atom. The third kappa shape index (κ3) is 4.93. The topological polar surface area (TPSA) is 87.7 Å². The summed E-state index contributed by atoms with van der Waals surface area (Å²) in [6.07, 6.45) is 0.124. The zero-order chi connectivity index (χ0) is 24.2. The third-order valence-corrected chi connectivity index (χ3v) is 5.93. The molecule has 1 aliphatic rings. The Hall–Kier alpha value is -4.13. The van der Waals surface area contributed by atoms with Gasteiger partial charge in [-0.25, -0.2) is 0 Å². The lowest BCUT2D eigenvalue weighted by atomic mass is 10.1. The minimum absolute atomic E-state index is 0.0839. The van der Waals surface area contributed by atoms with E-state index in [-0.39, 0.29) is 24.1 Å². The summed E-state index contributed by atoms with van der Waals surface area (Å²) in [6.45, 7) is 4.23. The van der Waals surface area contributed by atoms with Gasteiger partial charge in [-0.3, -0.25) is 14.4 Å².